The molecular formula is C10H11BrF2N2O. The first kappa shape index (κ1) is 10.7. The molecule has 0 spiro atoms. The van der Waals surface area contributed by atoms with Gasteiger partial charge in [0, 0.05) is 11.6 Å². The van der Waals surface area contributed by atoms with Gasteiger partial charge in [-0.1, -0.05) is 0 Å². The van der Waals surface area contributed by atoms with Crippen LogP contribution in [0.1, 0.15) is 19.3 Å². The van der Waals surface area contributed by atoms with E-state index in [1.807, 2.05) is 10.9 Å². The molecule has 0 amide bonds. The first-order valence-corrected chi connectivity index (χ1v) is 5.94. The van der Waals surface area contributed by atoms with E-state index < -0.39 is 6.61 Å². The molecule has 0 aromatic carbocycles. The van der Waals surface area contributed by atoms with Crippen molar-refractivity contribution in [1.82, 2.24) is 9.78 Å². The van der Waals surface area contributed by atoms with Crippen LogP contribution in [0.2, 0.25) is 0 Å². The molecule has 1 aromatic heterocycles. The van der Waals surface area contributed by atoms with Gasteiger partial charge in [-0.2, -0.15) is 13.9 Å². The summed E-state index contributed by atoms with van der Waals surface area (Å²) in [6.07, 6.45) is 6.41. The second kappa shape index (κ2) is 3.26. The summed E-state index contributed by atoms with van der Waals surface area (Å²) in [4.78, 5) is 0. The van der Waals surface area contributed by atoms with E-state index in [1.165, 1.54) is 0 Å². The van der Waals surface area contributed by atoms with Crippen LogP contribution < -0.4 is 0 Å². The van der Waals surface area contributed by atoms with E-state index in [0.29, 0.717) is 0 Å². The standard InChI is InChI=1S/C10H11BrF2N2O/c11-7-1-14-15(2-7)10-3-9(4-10,5-10)6-16-8(12)13/h1-2,8H,3-6H2. The molecule has 0 atom stereocenters. The fourth-order valence-corrected chi connectivity index (χ4v) is 3.42. The van der Waals surface area contributed by atoms with Gasteiger partial charge in [0.15, 0.2) is 0 Å². The second-order valence-electron chi connectivity index (χ2n) is 4.93. The SMILES string of the molecule is FC(F)OCC12CC(n3cc(Br)cn3)(C1)C2. The summed E-state index contributed by atoms with van der Waals surface area (Å²) in [6, 6.07) is 0. The summed E-state index contributed by atoms with van der Waals surface area (Å²) in [7, 11) is 0. The number of hydrogen-bond donors (Lipinski definition) is 0. The number of hydrogen-bond acceptors (Lipinski definition) is 2. The van der Waals surface area contributed by atoms with Crippen molar-refractivity contribution in [1.29, 1.82) is 0 Å². The van der Waals surface area contributed by atoms with E-state index in [9.17, 15) is 8.78 Å². The number of alkyl halides is 2. The molecular weight excluding hydrogens is 282 g/mol. The van der Waals surface area contributed by atoms with Crippen LogP contribution in [0.4, 0.5) is 8.78 Å². The number of halogens is 3. The predicted octanol–water partition coefficient (Wildman–Crippen LogP) is 2.76. The van der Waals surface area contributed by atoms with Crippen LogP contribution in [0.3, 0.4) is 0 Å². The van der Waals surface area contributed by atoms with Gasteiger partial charge in [0.2, 0.25) is 0 Å². The maximum Gasteiger partial charge on any atom is 0.345 e. The van der Waals surface area contributed by atoms with Crippen molar-refractivity contribution in [3.05, 3.63) is 16.9 Å². The van der Waals surface area contributed by atoms with Gasteiger partial charge in [-0.05, 0) is 35.2 Å². The molecule has 0 unspecified atom stereocenters. The minimum atomic E-state index is -2.65. The van der Waals surface area contributed by atoms with Gasteiger partial charge in [0.05, 0.1) is 22.8 Å². The van der Waals surface area contributed by atoms with E-state index in [4.69, 9.17) is 0 Å². The highest BCUT2D eigenvalue weighted by Gasteiger charge is 2.69. The lowest BCUT2D eigenvalue weighted by atomic mass is 9.39. The average molecular weight is 293 g/mol. The Morgan fingerprint density at radius 2 is 2.19 bits per heavy atom. The maximum absolute atomic E-state index is 11.9. The van der Waals surface area contributed by atoms with Gasteiger partial charge in [-0.25, -0.2) is 0 Å². The van der Waals surface area contributed by atoms with E-state index in [-0.39, 0.29) is 17.6 Å². The van der Waals surface area contributed by atoms with Gasteiger partial charge < -0.3 is 4.74 Å². The highest BCUT2D eigenvalue weighted by Crippen LogP contribution is 2.71. The summed E-state index contributed by atoms with van der Waals surface area (Å²) in [5.41, 5.74) is 0.0758. The van der Waals surface area contributed by atoms with Crippen molar-refractivity contribution in [2.24, 2.45) is 5.41 Å². The minimum absolute atomic E-state index is 0.00510. The van der Waals surface area contributed by atoms with Gasteiger partial charge in [-0.15, -0.1) is 0 Å². The molecule has 0 aliphatic heterocycles. The van der Waals surface area contributed by atoms with Gasteiger partial charge in [-0.3, -0.25) is 4.68 Å². The molecule has 1 aromatic rings. The quantitative estimate of drug-likeness (QED) is 0.853. The lowest BCUT2D eigenvalue weighted by Gasteiger charge is -2.70. The summed E-state index contributed by atoms with van der Waals surface area (Å²) in [5.74, 6) is 0. The Morgan fingerprint density at radius 3 is 2.69 bits per heavy atom. The predicted molar refractivity (Wildman–Crippen MR) is 56.1 cm³/mol. The van der Waals surface area contributed by atoms with Crippen molar-refractivity contribution in [3.8, 4) is 0 Å². The molecule has 16 heavy (non-hydrogen) atoms. The topological polar surface area (TPSA) is 27.1 Å². The summed E-state index contributed by atoms with van der Waals surface area (Å²) in [6.45, 7) is -2.47. The molecule has 1 heterocycles. The smallest absolute Gasteiger partial charge is 0.322 e. The summed E-state index contributed by atoms with van der Waals surface area (Å²) in [5, 5.41) is 4.25. The van der Waals surface area contributed by atoms with Crippen molar-refractivity contribution in [2.45, 2.75) is 31.4 Å². The van der Waals surface area contributed by atoms with Crippen molar-refractivity contribution in [3.63, 3.8) is 0 Å². The van der Waals surface area contributed by atoms with Gasteiger partial charge in [0.25, 0.3) is 0 Å². The van der Waals surface area contributed by atoms with E-state index >= 15 is 0 Å². The largest absolute Gasteiger partial charge is 0.345 e. The van der Waals surface area contributed by atoms with Crippen LogP contribution in [0.15, 0.2) is 16.9 Å². The molecule has 0 saturated heterocycles. The first-order chi connectivity index (χ1) is 7.54. The Balaban J connectivity index is 1.61. The highest BCUT2D eigenvalue weighted by atomic mass is 79.9. The lowest BCUT2D eigenvalue weighted by molar-refractivity contribution is -0.255. The Labute approximate surface area is 99.9 Å². The molecule has 0 N–H and O–H groups in total. The Hall–Kier alpha value is -0.490. The Bertz CT molecular complexity index is 401. The Morgan fingerprint density at radius 1 is 1.50 bits per heavy atom. The average Bonchev–Trinajstić information content (AvgIpc) is 2.46. The molecule has 3 aliphatic carbocycles. The third-order valence-corrected chi connectivity index (χ3v) is 4.07. The zero-order valence-electron chi connectivity index (χ0n) is 8.50. The van der Waals surface area contributed by atoms with Gasteiger partial charge in [0.1, 0.15) is 0 Å². The lowest BCUT2D eigenvalue weighted by Crippen LogP contribution is -2.69. The van der Waals surface area contributed by atoms with E-state index in [2.05, 4.69) is 25.8 Å². The maximum atomic E-state index is 11.9. The van der Waals surface area contributed by atoms with Crippen molar-refractivity contribution >= 4 is 15.9 Å². The van der Waals surface area contributed by atoms with Crippen LogP contribution in [-0.4, -0.2) is 23.0 Å². The molecule has 3 fully saturated rings. The molecule has 6 heteroatoms. The van der Waals surface area contributed by atoms with Crippen LogP contribution >= 0.6 is 15.9 Å². The summed E-state index contributed by atoms with van der Waals surface area (Å²) < 4.78 is 31.1. The number of aromatic nitrogens is 2. The van der Waals surface area contributed by atoms with Gasteiger partial charge >= 0.3 is 6.61 Å². The van der Waals surface area contributed by atoms with Crippen LogP contribution in [0, 0.1) is 5.41 Å². The third-order valence-electron chi connectivity index (χ3n) is 3.66. The van der Waals surface area contributed by atoms with E-state index in [0.717, 1.165) is 23.7 Å². The number of rotatable bonds is 4. The monoisotopic (exact) mass is 292 g/mol. The van der Waals surface area contributed by atoms with Crippen molar-refractivity contribution in [2.75, 3.05) is 6.61 Å². The molecule has 2 bridgehead atoms. The number of ether oxygens (including phenoxy) is 1. The molecule has 3 nitrogen and oxygen atoms in total. The normalized spacial score (nSPS) is 36.0. The fourth-order valence-electron chi connectivity index (χ4n) is 3.13. The first-order valence-electron chi connectivity index (χ1n) is 5.14. The number of nitrogens with zero attached hydrogens (tertiary/aromatic N) is 2. The molecule has 88 valence electrons. The Kier molecular flexibility index (Phi) is 2.17. The fraction of sp³-hybridized carbons (Fsp3) is 0.700. The molecule has 3 saturated carbocycles. The van der Waals surface area contributed by atoms with E-state index in [1.54, 1.807) is 6.20 Å². The molecule has 0 radical (unpaired) electrons. The van der Waals surface area contributed by atoms with Crippen LogP contribution in [-0.2, 0) is 10.3 Å². The minimum Gasteiger partial charge on any atom is -0.322 e. The molecule has 4 rings (SSSR count). The van der Waals surface area contributed by atoms with Crippen LogP contribution in [0.5, 0.6) is 0 Å². The highest BCUT2D eigenvalue weighted by molar-refractivity contribution is 9.10. The summed E-state index contributed by atoms with van der Waals surface area (Å²) >= 11 is 3.35. The van der Waals surface area contributed by atoms with Crippen LogP contribution in [0.25, 0.3) is 0 Å². The second-order valence-corrected chi connectivity index (χ2v) is 5.85. The molecule has 3 aliphatic rings. The zero-order valence-corrected chi connectivity index (χ0v) is 10.1. The van der Waals surface area contributed by atoms with Crippen molar-refractivity contribution < 1.29 is 13.5 Å². The third kappa shape index (κ3) is 1.43. The zero-order chi connectivity index (χ0) is 11.4.